The van der Waals surface area contributed by atoms with Gasteiger partial charge in [0.2, 0.25) is 5.91 Å². The molecule has 0 fully saturated rings. The quantitative estimate of drug-likeness (QED) is 0.595. The Hall–Kier alpha value is -0.620. The summed E-state index contributed by atoms with van der Waals surface area (Å²) in [5.74, 6) is -0.457. The Balaban J connectivity index is 3.76. The molecule has 1 unspecified atom stereocenters. The van der Waals surface area contributed by atoms with Gasteiger partial charge in [0.25, 0.3) is 0 Å². The second-order valence-corrected chi connectivity index (χ2v) is 5.91. The Morgan fingerprint density at radius 2 is 1.93 bits per heavy atom. The molecule has 0 aliphatic rings. The molecule has 0 bridgehead atoms. The number of rotatable bonds is 7. The van der Waals surface area contributed by atoms with Gasteiger partial charge in [-0.2, -0.15) is 0 Å². The summed E-state index contributed by atoms with van der Waals surface area (Å²) in [7, 11) is -3.30. The summed E-state index contributed by atoms with van der Waals surface area (Å²) in [6, 6.07) is 0. The number of hydrogen-bond acceptors (Lipinski definition) is 4. The van der Waals surface area contributed by atoms with Crippen molar-refractivity contribution in [1.29, 1.82) is 0 Å². The summed E-state index contributed by atoms with van der Waals surface area (Å²) in [6.07, 6.45) is 3.33. The number of hydrogen-bond donors (Lipinski definition) is 2. The second kappa shape index (κ2) is 6.79. The Morgan fingerprint density at radius 3 is 2.40 bits per heavy atom. The maximum absolute atomic E-state index is 11.3. The monoisotopic (exact) mass is 237 g/mol. The van der Waals surface area contributed by atoms with Crippen molar-refractivity contribution in [3.8, 4) is 0 Å². The van der Waals surface area contributed by atoms with Crippen LogP contribution in [0.25, 0.3) is 0 Å². The molecule has 0 saturated heterocycles. The van der Waals surface area contributed by atoms with E-state index in [0.29, 0.717) is 13.0 Å². The van der Waals surface area contributed by atoms with E-state index in [0.717, 1.165) is 19.1 Å². The van der Waals surface area contributed by atoms with Gasteiger partial charge in [0.1, 0.15) is 5.25 Å². The maximum Gasteiger partial charge on any atom is 0.238 e. The molecule has 0 aliphatic carbocycles. The Kier molecular flexibility index (Phi) is 6.51. The van der Waals surface area contributed by atoms with E-state index in [-0.39, 0.29) is 6.61 Å². The lowest BCUT2D eigenvalue weighted by Gasteiger charge is -2.09. The van der Waals surface area contributed by atoms with Gasteiger partial charge in [-0.05, 0) is 26.2 Å². The molecule has 0 aliphatic heterocycles. The van der Waals surface area contributed by atoms with Crippen LogP contribution in [-0.4, -0.2) is 44.1 Å². The standard InChI is InChI=1S/C9H19NO4S/c1-8(15(2,13)14)9(12)10-6-4-3-5-7-11/h8,11H,3-7H2,1-2H3,(H,10,12). The molecule has 0 heterocycles. The number of aliphatic hydroxyl groups excluding tert-OH is 1. The largest absolute Gasteiger partial charge is 0.396 e. The molecule has 0 aromatic rings. The van der Waals surface area contributed by atoms with Crippen LogP contribution in [0.5, 0.6) is 0 Å². The second-order valence-electron chi connectivity index (χ2n) is 3.55. The predicted molar refractivity (Wildman–Crippen MR) is 58.3 cm³/mol. The van der Waals surface area contributed by atoms with Crippen molar-refractivity contribution in [2.75, 3.05) is 19.4 Å². The van der Waals surface area contributed by atoms with Crippen LogP contribution < -0.4 is 5.32 Å². The first-order valence-electron chi connectivity index (χ1n) is 4.97. The number of carbonyl (C=O) groups excluding carboxylic acids is 1. The van der Waals surface area contributed by atoms with Crippen LogP contribution in [0.15, 0.2) is 0 Å². The van der Waals surface area contributed by atoms with Gasteiger partial charge in [-0.15, -0.1) is 0 Å². The van der Waals surface area contributed by atoms with E-state index in [1.807, 2.05) is 0 Å². The van der Waals surface area contributed by atoms with Gasteiger partial charge in [-0.3, -0.25) is 4.79 Å². The molecule has 15 heavy (non-hydrogen) atoms. The SMILES string of the molecule is CC(C(=O)NCCCCCO)S(C)(=O)=O. The van der Waals surface area contributed by atoms with Crippen molar-refractivity contribution >= 4 is 15.7 Å². The van der Waals surface area contributed by atoms with Crippen molar-refractivity contribution in [3.63, 3.8) is 0 Å². The molecular weight excluding hydrogens is 218 g/mol. The zero-order chi connectivity index (χ0) is 11.9. The van der Waals surface area contributed by atoms with E-state index in [2.05, 4.69) is 5.32 Å². The highest BCUT2D eigenvalue weighted by molar-refractivity contribution is 7.92. The van der Waals surface area contributed by atoms with Crippen LogP contribution in [-0.2, 0) is 14.6 Å². The smallest absolute Gasteiger partial charge is 0.238 e. The fourth-order valence-electron chi connectivity index (χ4n) is 0.963. The Labute approximate surface area is 90.8 Å². The predicted octanol–water partition coefficient (Wildman–Crippen LogP) is -0.302. The lowest BCUT2D eigenvalue weighted by Crippen LogP contribution is -2.37. The van der Waals surface area contributed by atoms with Gasteiger partial charge >= 0.3 is 0 Å². The summed E-state index contributed by atoms with van der Waals surface area (Å²) in [5, 5.41) is 10.1. The van der Waals surface area contributed by atoms with Gasteiger partial charge < -0.3 is 10.4 Å². The van der Waals surface area contributed by atoms with Gasteiger partial charge in [0.15, 0.2) is 9.84 Å². The Morgan fingerprint density at radius 1 is 1.33 bits per heavy atom. The fraction of sp³-hybridized carbons (Fsp3) is 0.889. The molecule has 6 heteroatoms. The molecule has 0 rings (SSSR count). The van der Waals surface area contributed by atoms with E-state index in [1.54, 1.807) is 0 Å². The third-order valence-corrected chi connectivity index (χ3v) is 3.64. The number of unbranched alkanes of at least 4 members (excludes halogenated alkanes) is 2. The first-order valence-corrected chi connectivity index (χ1v) is 6.92. The van der Waals surface area contributed by atoms with Crippen LogP contribution >= 0.6 is 0 Å². The highest BCUT2D eigenvalue weighted by atomic mass is 32.2. The van der Waals surface area contributed by atoms with Gasteiger partial charge in [-0.25, -0.2) is 8.42 Å². The van der Waals surface area contributed by atoms with Gasteiger partial charge in [0.05, 0.1) is 0 Å². The van der Waals surface area contributed by atoms with E-state index in [4.69, 9.17) is 5.11 Å². The molecule has 5 nitrogen and oxygen atoms in total. The first-order chi connectivity index (χ1) is 6.89. The van der Waals surface area contributed by atoms with Crippen LogP contribution in [0.4, 0.5) is 0 Å². The zero-order valence-electron chi connectivity index (χ0n) is 9.19. The summed E-state index contributed by atoms with van der Waals surface area (Å²) in [4.78, 5) is 11.3. The Bertz CT molecular complexity index is 286. The van der Waals surface area contributed by atoms with E-state index < -0.39 is 21.0 Å². The lowest BCUT2D eigenvalue weighted by molar-refractivity contribution is -0.120. The average molecular weight is 237 g/mol. The number of carbonyl (C=O) groups is 1. The van der Waals surface area contributed by atoms with Crippen LogP contribution in [0.2, 0.25) is 0 Å². The van der Waals surface area contributed by atoms with Crippen molar-refractivity contribution in [1.82, 2.24) is 5.32 Å². The summed E-state index contributed by atoms with van der Waals surface area (Å²) in [5.41, 5.74) is 0. The molecule has 0 radical (unpaired) electrons. The van der Waals surface area contributed by atoms with Gasteiger partial charge in [0, 0.05) is 19.4 Å². The minimum absolute atomic E-state index is 0.147. The number of amides is 1. The van der Waals surface area contributed by atoms with E-state index in [9.17, 15) is 13.2 Å². The minimum Gasteiger partial charge on any atom is -0.396 e. The molecule has 2 N–H and O–H groups in total. The third kappa shape index (κ3) is 6.46. The highest BCUT2D eigenvalue weighted by Crippen LogP contribution is 1.98. The third-order valence-electron chi connectivity index (χ3n) is 2.15. The van der Waals surface area contributed by atoms with Crippen molar-refractivity contribution in [2.24, 2.45) is 0 Å². The summed E-state index contributed by atoms with van der Waals surface area (Å²) >= 11 is 0. The normalized spacial score (nSPS) is 13.5. The molecule has 90 valence electrons. The van der Waals surface area contributed by atoms with E-state index >= 15 is 0 Å². The van der Waals surface area contributed by atoms with Crippen LogP contribution in [0.1, 0.15) is 26.2 Å². The summed E-state index contributed by atoms with van der Waals surface area (Å²) < 4.78 is 22.0. The summed E-state index contributed by atoms with van der Waals surface area (Å²) in [6.45, 7) is 1.98. The molecule has 1 amide bonds. The van der Waals surface area contributed by atoms with Crippen molar-refractivity contribution < 1.29 is 18.3 Å². The van der Waals surface area contributed by atoms with Gasteiger partial charge in [-0.1, -0.05) is 0 Å². The number of aliphatic hydroxyl groups is 1. The van der Waals surface area contributed by atoms with E-state index in [1.165, 1.54) is 6.92 Å². The molecule has 0 spiro atoms. The molecule has 0 saturated carbocycles. The maximum atomic E-state index is 11.3. The molecule has 0 aromatic heterocycles. The van der Waals surface area contributed by atoms with Crippen molar-refractivity contribution in [3.05, 3.63) is 0 Å². The number of nitrogens with one attached hydrogen (secondary N) is 1. The topological polar surface area (TPSA) is 83.5 Å². The average Bonchev–Trinajstić information content (AvgIpc) is 2.14. The number of sulfone groups is 1. The first kappa shape index (κ1) is 14.4. The molecule has 1 atom stereocenters. The van der Waals surface area contributed by atoms with Crippen LogP contribution in [0, 0.1) is 0 Å². The van der Waals surface area contributed by atoms with Crippen LogP contribution in [0.3, 0.4) is 0 Å². The lowest BCUT2D eigenvalue weighted by atomic mass is 10.2. The molecule has 0 aromatic carbocycles. The highest BCUT2D eigenvalue weighted by Gasteiger charge is 2.22. The van der Waals surface area contributed by atoms with Crippen molar-refractivity contribution in [2.45, 2.75) is 31.4 Å². The fourth-order valence-corrected chi connectivity index (χ4v) is 1.44. The minimum atomic E-state index is -3.30. The molecular formula is C9H19NO4S. The zero-order valence-corrected chi connectivity index (χ0v) is 10.0.